The molecule has 2 aliphatic rings. The van der Waals surface area contributed by atoms with Gasteiger partial charge in [-0.3, -0.25) is 4.79 Å². The third-order valence-corrected chi connectivity index (χ3v) is 5.29. The Balaban J connectivity index is 1.70. The molecular weight excluding hydrogens is 288 g/mol. The van der Waals surface area contributed by atoms with Gasteiger partial charge in [0.25, 0.3) is 0 Å². The van der Waals surface area contributed by atoms with Gasteiger partial charge in [-0.2, -0.15) is 0 Å². The third-order valence-electron chi connectivity index (χ3n) is 5.29. The van der Waals surface area contributed by atoms with Crippen LogP contribution >= 0.6 is 0 Å². The number of β-amino-alcohol motifs (C(OH)–C–C–N with tert-alkyl or cyclic N) is 1. The first-order valence-corrected chi connectivity index (χ1v) is 8.86. The molecule has 3 rings (SSSR count). The summed E-state index contributed by atoms with van der Waals surface area (Å²) in [6.07, 6.45) is 3.99. The maximum absolute atomic E-state index is 11.7. The average molecular weight is 316 g/mol. The van der Waals surface area contributed by atoms with Crippen LogP contribution in [-0.4, -0.2) is 42.1 Å². The SMILES string of the molecule is CC(=O)N1CCCc2cc([C@@H](O)CN3CCC(C)CC3)ccc21. The number of aliphatic hydroxyl groups is 1. The Bertz CT molecular complexity index is 564. The van der Waals surface area contributed by atoms with E-state index in [9.17, 15) is 9.90 Å². The highest BCUT2D eigenvalue weighted by molar-refractivity contribution is 5.92. The molecule has 0 aliphatic carbocycles. The number of hydrogen-bond acceptors (Lipinski definition) is 3. The number of fused-ring (bicyclic) bond motifs is 1. The van der Waals surface area contributed by atoms with Gasteiger partial charge in [0, 0.05) is 25.7 Å². The molecule has 2 aliphatic heterocycles. The first-order chi connectivity index (χ1) is 11.0. The van der Waals surface area contributed by atoms with Gasteiger partial charge in [-0.1, -0.05) is 19.1 Å². The number of rotatable bonds is 3. The minimum Gasteiger partial charge on any atom is -0.387 e. The van der Waals surface area contributed by atoms with E-state index < -0.39 is 6.10 Å². The van der Waals surface area contributed by atoms with E-state index in [4.69, 9.17) is 0 Å². The molecule has 1 saturated heterocycles. The maximum atomic E-state index is 11.7. The van der Waals surface area contributed by atoms with Crippen LogP contribution in [0, 0.1) is 5.92 Å². The van der Waals surface area contributed by atoms with E-state index >= 15 is 0 Å². The van der Waals surface area contributed by atoms with Crippen molar-refractivity contribution in [3.8, 4) is 0 Å². The largest absolute Gasteiger partial charge is 0.387 e. The zero-order chi connectivity index (χ0) is 16.4. The molecule has 4 heteroatoms. The Kier molecular flexibility index (Phi) is 5.02. The number of likely N-dealkylation sites (tertiary alicyclic amines) is 1. The molecule has 4 nitrogen and oxygen atoms in total. The molecule has 2 heterocycles. The molecule has 0 radical (unpaired) electrons. The topological polar surface area (TPSA) is 43.8 Å². The quantitative estimate of drug-likeness (QED) is 0.932. The number of piperidine rings is 1. The summed E-state index contributed by atoms with van der Waals surface area (Å²) in [5, 5.41) is 10.6. The van der Waals surface area contributed by atoms with Crippen molar-refractivity contribution in [2.24, 2.45) is 5.92 Å². The van der Waals surface area contributed by atoms with Gasteiger partial charge in [0.1, 0.15) is 0 Å². The maximum Gasteiger partial charge on any atom is 0.223 e. The number of anilines is 1. The van der Waals surface area contributed by atoms with E-state index in [-0.39, 0.29) is 5.91 Å². The van der Waals surface area contributed by atoms with Crippen LogP contribution in [0.15, 0.2) is 18.2 Å². The molecule has 0 unspecified atom stereocenters. The van der Waals surface area contributed by atoms with E-state index in [1.165, 1.54) is 18.4 Å². The van der Waals surface area contributed by atoms with Crippen LogP contribution in [0.3, 0.4) is 0 Å². The number of benzene rings is 1. The molecule has 1 amide bonds. The Labute approximate surface area is 139 Å². The lowest BCUT2D eigenvalue weighted by Crippen LogP contribution is -2.36. The van der Waals surface area contributed by atoms with Gasteiger partial charge in [-0.05, 0) is 61.9 Å². The second kappa shape index (κ2) is 7.02. The van der Waals surface area contributed by atoms with Crippen molar-refractivity contribution in [2.45, 2.75) is 45.6 Å². The first kappa shape index (κ1) is 16.5. The average Bonchev–Trinajstić information content (AvgIpc) is 2.55. The van der Waals surface area contributed by atoms with Gasteiger partial charge in [0.05, 0.1) is 6.10 Å². The summed E-state index contributed by atoms with van der Waals surface area (Å²) in [5.41, 5.74) is 3.19. The zero-order valence-electron chi connectivity index (χ0n) is 14.3. The lowest BCUT2D eigenvalue weighted by atomic mass is 9.96. The molecular formula is C19H28N2O2. The Hall–Kier alpha value is -1.39. The van der Waals surface area contributed by atoms with Crippen LogP contribution in [0.1, 0.15) is 50.3 Å². The summed E-state index contributed by atoms with van der Waals surface area (Å²) in [4.78, 5) is 16.0. The monoisotopic (exact) mass is 316 g/mol. The third kappa shape index (κ3) is 3.75. The molecule has 0 spiro atoms. The predicted octanol–water partition coefficient (Wildman–Crippen LogP) is 2.75. The second-order valence-electron chi connectivity index (χ2n) is 7.16. The van der Waals surface area contributed by atoms with Gasteiger partial charge < -0.3 is 14.9 Å². The lowest BCUT2D eigenvalue weighted by molar-refractivity contribution is -0.116. The van der Waals surface area contributed by atoms with Crippen LogP contribution in [-0.2, 0) is 11.2 Å². The summed E-state index contributed by atoms with van der Waals surface area (Å²) >= 11 is 0. The predicted molar refractivity (Wildman–Crippen MR) is 92.6 cm³/mol. The smallest absolute Gasteiger partial charge is 0.223 e. The summed E-state index contributed by atoms with van der Waals surface area (Å²) in [6, 6.07) is 6.09. The van der Waals surface area contributed by atoms with Crippen LogP contribution < -0.4 is 4.90 Å². The molecule has 126 valence electrons. The van der Waals surface area contributed by atoms with Gasteiger partial charge in [0.2, 0.25) is 5.91 Å². The fraction of sp³-hybridized carbons (Fsp3) is 0.632. The molecule has 1 aromatic carbocycles. The van der Waals surface area contributed by atoms with Crippen LogP contribution in [0.25, 0.3) is 0 Å². The van der Waals surface area contributed by atoms with Crippen molar-refractivity contribution in [2.75, 3.05) is 31.1 Å². The van der Waals surface area contributed by atoms with Crippen LogP contribution in [0.2, 0.25) is 0 Å². The summed E-state index contributed by atoms with van der Waals surface area (Å²) in [7, 11) is 0. The van der Waals surface area contributed by atoms with Crippen molar-refractivity contribution in [1.82, 2.24) is 4.90 Å². The molecule has 0 saturated carbocycles. The van der Waals surface area contributed by atoms with E-state index in [2.05, 4.69) is 17.9 Å². The van der Waals surface area contributed by atoms with Crippen molar-refractivity contribution in [3.05, 3.63) is 29.3 Å². The summed E-state index contributed by atoms with van der Waals surface area (Å²) in [5.74, 6) is 0.909. The van der Waals surface area contributed by atoms with Crippen molar-refractivity contribution >= 4 is 11.6 Å². The summed E-state index contributed by atoms with van der Waals surface area (Å²) in [6.45, 7) is 7.61. The summed E-state index contributed by atoms with van der Waals surface area (Å²) < 4.78 is 0. The number of aliphatic hydroxyl groups excluding tert-OH is 1. The molecule has 23 heavy (non-hydrogen) atoms. The van der Waals surface area contributed by atoms with Crippen LogP contribution in [0.5, 0.6) is 0 Å². The zero-order valence-corrected chi connectivity index (χ0v) is 14.3. The lowest BCUT2D eigenvalue weighted by Gasteiger charge is -2.32. The van der Waals surface area contributed by atoms with E-state index in [0.717, 1.165) is 49.6 Å². The highest BCUT2D eigenvalue weighted by atomic mass is 16.3. The number of carbonyl (C=O) groups excluding carboxylic acids is 1. The fourth-order valence-corrected chi connectivity index (χ4v) is 3.75. The number of amides is 1. The molecule has 1 aromatic rings. The number of nitrogens with zero attached hydrogens (tertiary/aromatic N) is 2. The molecule has 0 aromatic heterocycles. The fourth-order valence-electron chi connectivity index (χ4n) is 3.75. The molecule has 1 fully saturated rings. The highest BCUT2D eigenvalue weighted by Crippen LogP contribution is 2.30. The Morgan fingerprint density at radius 1 is 1.30 bits per heavy atom. The van der Waals surface area contributed by atoms with Crippen molar-refractivity contribution in [1.29, 1.82) is 0 Å². The van der Waals surface area contributed by atoms with Crippen LogP contribution in [0.4, 0.5) is 5.69 Å². The Morgan fingerprint density at radius 3 is 2.74 bits per heavy atom. The van der Waals surface area contributed by atoms with Crippen molar-refractivity contribution < 1.29 is 9.90 Å². The van der Waals surface area contributed by atoms with E-state index in [1.54, 1.807) is 6.92 Å². The normalized spacial score (nSPS) is 21.1. The van der Waals surface area contributed by atoms with Gasteiger partial charge in [-0.15, -0.1) is 0 Å². The Morgan fingerprint density at radius 2 is 2.04 bits per heavy atom. The molecule has 0 bridgehead atoms. The second-order valence-corrected chi connectivity index (χ2v) is 7.16. The molecule has 1 N–H and O–H groups in total. The highest BCUT2D eigenvalue weighted by Gasteiger charge is 2.23. The van der Waals surface area contributed by atoms with Gasteiger partial charge in [0.15, 0.2) is 0 Å². The van der Waals surface area contributed by atoms with E-state index in [0.29, 0.717) is 6.54 Å². The van der Waals surface area contributed by atoms with Gasteiger partial charge in [-0.25, -0.2) is 0 Å². The standard InChI is InChI=1S/C19H28N2O2/c1-14-7-10-20(11-8-14)13-19(23)17-5-6-18-16(12-17)4-3-9-21(18)15(2)22/h5-6,12,14,19,23H,3-4,7-11,13H2,1-2H3/t19-/m0/s1. The minimum absolute atomic E-state index is 0.0988. The van der Waals surface area contributed by atoms with Crippen molar-refractivity contribution in [3.63, 3.8) is 0 Å². The van der Waals surface area contributed by atoms with E-state index in [1.807, 2.05) is 17.0 Å². The molecule has 1 atom stereocenters. The van der Waals surface area contributed by atoms with Gasteiger partial charge >= 0.3 is 0 Å². The minimum atomic E-state index is -0.443. The number of carbonyl (C=O) groups is 1. The number of aryl methyl sites for hydroxylation is 1. The first-order valence-electron chi connectivity index (χ1n) is 8.86. The number of hydrogen-bond donors (Lipinski definition) is 1.